The number of hydrogen-bond donors (Lipinski definition) is 2. The molecule has 6 atom stereocenters. The molecular weight excluding hydrogens is 284 g/mol. The van der Waals surface area contributed by atoms with E-state index in [0.717, 1.165) is 19.3 Å². The van der Waals surface area contributed by atoms with Crippen LogP contribution in [0.15, 0.2) is 30.4 Å². The van der Waals surface area contributed by atoms with Gasteiger partial charge in [0, 0.05) is 0 Å². The van der Waals surface area contributed by atoms with E-state index in [1.165, 1.54) is 29.5 Å². The third-order valence-electron chi connectivity index (χ3n) is 7.14. The van der Waals surface area contributed by atoms with Crippen LogP contribution in [-0.4, -0.2) is 16.3 Å². The third-order valence-corrected chi connectivity index (χ3v) is 7.14. The molecule has 2 saturated carbocycles. The Morgan fingerprint density at radius 3 is 2.87 bits per heavy atom. The van der Waals surface area contributed by atoms with Gasteiger partial charge < -0.3 is 10.2 Å². The van der Waals surface area contributed by atoms with Crippen molar-refractivity contribution in [2.24, 2.45) is 23.2 Å². The Hall–Kier alpha value is -1.28. The summed E-state index contributed by atoms with van der Waals surface area (Å²) in [5, 5.41) is 20.2. The molecule has 4 rings (SSSR count). The van der Waals surface area contributed by atoms with Crippen molar-refractivity contribution in [2.45, 2.75) is 58.0 Å². The molecule has 0 spiro atoms. The van der Waals surface area contributed by atoms with Crippen LogP contribution in [0.3, 0.4) is 0 Å². The average molecular weight is 312 g/mol. The normalized spacial score (nSPS) is 41.8. The smallest absolute Gasteiger partial charge is 0.115 e. The van der Waals surface area contributed by atoms with Gasteiger partial charge >= 0.3 is 0 Å². The Morgan fingerprint density at radius 2 is 2.13 bits per heavy atom. The van der Waals surface area contributed by atoms with Crippen LogP contribution in [0.2, 0.25) is 0 Å². The minimum absolute atomic E-state index is 0.129. The summed E-state index contributed by atoms with van der Waals surface area (Å²) in [6.45, 7) is 8.85. The monoisotopic (exact) mass is 312 g/mol. The number of hydrogen-bond acceptors (Lipinski definition) is 2. The molecule has 2 nitrogen and oxygen atoms in total. The van der Waals surface area contributed by atoms with Crippen molar-refractivity contribution < 1.29 is 10.2 Å². The van der Waals surface area contributed by atoms with Crippen molar-refractivity contribution in [3.05, 3.63) is 41.5 Å². The fourth-order valence-corrected chi connectivity index (χ4v) is 6.15. The molecule has 0 saturated heterocycles. The highest BCUT2D eigenvalue weighted by Gasteiger charge is 2.55. The number of rotatable bonds is 1. The molecule has 0 bridgehead atoms. The summed E-state index contributed by atoms with van der Waals surface area (Å²) in [5.41, 5.74) is 4.30. The topological polar surface area (TPSA) is 40.5 Å². The van der Waals surface area contributed by atoms with Crippen molar-refractivity contribution in [3.63, 3.8) is 0 Å². The highest BCUT2D eigenvalue weighted by Crippen LogP contribution is 2.62. The second kappa shape index (κ2) is 5.11. The van der Waals surface area contributed by atoms with Gasteiger partial charge in [-0.3, -0.25) is 0 Å². The van der Waals surface area contributed by atoms with Gasteiger partial charge in [0.05, 0.1) is 6.10 Å². The number of allylic oxidation sites excluding steroid dienone is 1. The molecule has 2 fully saturated rings. The van der Waals surface area contributed by atoms with Gasteiger partial charge in [-0.25, -0.2) is 0 Å². The number of aliphatic hydroxyl groups is 1. The molecule has 1 aromatic carbocycles. The predicted molar refractivity (Wildman–Crippen MR) is 92.4 cm³/mol. The SMILES string of the molecule is C=C(C)[C@@H]1Cc2cc(O)ccc2[C@H]2CC[C@]3(C)C[C@H](O)C[C@H]3[C@@H]21. The maximum Gasteiger partial charge on any atom is 0.115 e. The molecular formula is C21H28O2. The van der Waals surface area contributed by atoms with Gasteiger partial charge in [0.1, 0.15) is 5.75 Å². The Labute approximate surface area is 139 Å². The number of aliphatic hydroxyl groups excluding tert-OH is 1. The molecule has 1 aromatic rings. The quantitative estimate of drug-likeness (QED) is 0.754. The molecule has 0 amide bonds. The highest BCUT2D eigenvalue weighted by atomic mass is 16.3. The van der Waals surface area contributed by atoms with E-state index in [2.05, 4.69) is 26.5 Å². The first kappa shape index (κ1) is 15.3. The molecule has 23 heavy (non-hydrogen) atoms. The zero-order chi connectivity index (χ0) is 16.4. The average Bonchev–Trinajstić information content (AvgIpc) is 2.79. The van der Waals surface area contributed by atoms with Crippen molar-refractivity contribution in [2.75, 3.05) is 0 Å². The first-order chi connectivity index (χ1) is 10.9. The van der Waals surface area contributed by atoms with Crippen LogP contribution in [0.1, 0.15) is 56.6 Å². The maximum atomic E-state index is 10.3. The van der Waals surface area contributed by atoms with Crippen LogP contribution in [0.25, 0.3) is 0 Å². The van der Waals surface area contributed by atoms with E-state index in [4.69, 9.17) is 0 Å². The maximum absolute atomic E-state index is 10.3. The summed E-state index contributed by atoms with van der Waals surface area (Å²) in [6.07, 6.45) is 5.19. The summed E-state index contributed by atoms with van der Waals surface area (Å²) < 4.78 is 0. The number of benzene rings is 1. The van der Waals surface area contributed by atoms with E-state index in [-0.39, 0.29) is 6.10 Å². The molecule has 0 radical (unpaired) electrons. The number of fused-ring (bicyclic) bond motifs is 5. The van der Waals surface area contributed by atoms with Crippen molar-refractivity contribution in [1.82, 2.24) is 0 Å². The van der Waals surface area contributed by atoms with Gasteiger partial charge in [-0.1, -0.05) is 25.1 Å². The van der Waals surface area contributed by atoms with Crippen LogP contribution in [-0.2, 0) is 6.42 Å². The standard InChI is InChI=1S/C21H28O2/c1-12(2)18-9-13-8-14(22)4-5-16(13)17-6-7-21(3)11-15(23)10-19(21)20(17)18/h4-5,8,15,17-20,22-23H,1,6-7,9-11H2,2-3H3/t15-,17-,18+,19+,20+,21-/m1/s1. The molecule has 3 aliphatic rings. The zero-order valence-corrected chi connectivity index (χ0v) is 14.3. The van der Waals surface area contributed by atoms with E-state index < -0.39 is 0 Å². The van der Waals surface area contributed by atoms with Crippen LogP contribution in [0.4, 0.5) is 0 Å². The first-order valence-electron chi connectivity index (χ1n) is 9.04. The van der Waals surface area contributed by atoms with Gasteiger partial charge in [0.2, 0.25) is 0 Å². The molecule has 0 aliphatic heterocycles. The number of aromatic hydroxyl groups is 1. The second-order valence-electron chi connectivity index (χ2n) is 8.62. The van der Waals surface area contributed by atoms with Gasteiger partial charge in [-0.05, 0) is 91.4 Å². The predicted octanol–water partition coefficient (Wildman–Crippen LogP) is 4.41. The largest absolute Gasteiger partial charge is 0.508 e. The third kappa shape index (κ3) is 2.26. The fraction of sp³-hybridized carbons (Fsp3) is 0.619. The number of phenolic OH excluding ortho intramolecular Hbond substituents is 1. The zero-order valence-electron chi connectivity index (χ0n) is 14.3. The summed E-state index contributed by atoms with van der Waals surface area (Å²) in [7, 11) is 0. The Balaban J connectivity index is 1.80. The van der Waals surface area contributed by atoms with Crippen LogP contribution in [0.5, 0.6) is 5.75 Å². The Morgan fingerprint density at radius 1 is 1.35 bits per heavy atom. The van der Waals surface area contributed by atoms with E-state index in [1.54, 1.807) is 0 Å². The van der Waals surface area contributed by atoms with Gasteiger partial charge in [0.25, 0.3) is 0 Å². The first-order valence-corrected chi connectivity index (χ1v) is 9.04. The summed E-state index contributed by atoms with van der Waals surface area (Å²) in [4.78, 5) is 0. The highest BCUT2D eigenvalue weighted by molar-refractivity contribution is 5.41. The lowest BCUT2D eigenvalue weighted by molar-refractivity contribution is 0.0362. The lowest BCUT2D eigenvalue weighted by Crippen LogP contribution is -2.44. The minimum atomic E-state index is -0.129. The summed E-state index contributed by atoms with van der Waals surface area (Å²) in [5.74, 6) is 2.61. The molecule has 0 unspecified atom stereocenters. The van der Waals surface area contributed by atoms with Gasteiger partial charge in [-0.2, -0.15) is 0 Å². The van der Waals surface area contributed by atoms with E-state index in [0.29, 0.717) is 34.8 Å². The molecule has 0 heterocycles. The molecule has 0 aromatic heterocycles. The summed E-state index contributed by atoms with van der Waals surface area (Å²) in [6, 6.07) is 5.94. The van der Waals surface area contributed by atoms with E-state index in [1.807, 2.05) is 12.1 Å². The molecule has 124 valence electrons. The number of phenols is 1. The van der Waals surface area contributed by atoms with Gasteiger partial charge in [-0.15, -0.1) is 0 Å². The fourth-order valence-electron chi connectivity index (χ4n) is 6.15. The second-order valence-corrected chi connectivity index (χ2v) is 8.62. The lowest BCUT2D eigenvalue weighted by Gasteiger charge is -2.52. The van der Waals surface area contributed by atoms with Crippen molar-refractivity contribution in [3.8, 4) is 5.75 Å². The van der Waals surface area contributed by atoms with Crippen LogP contribution >= 0.6 is 0 Å². The van der Waals surface area contributed by atoms with E-state index >= 15 is 0 Å². The van der Waals surface area contributed by atoms with Crippen molar-refractivity contribution >= 4 is 0 Å². The van der Waals surface area contributed by atoms with Crippen LogP contribution in [0, 0.1) is 23.2 Å². The molecule has 2 heteroatoms. The molecule has 3 aliphatic carbocycles. The minimum Gasteiger partial charge on any atom is -0.508 e. The van der Waals surface area contributed by atoms with Crippen LogP contribution < -0.4 is 0 Å². The Bertz CT molecular complexity index is 649. The lowest BCUT2D eigenvalue weighted by atomic mass is 9.52. The van der Waals surface area contributed by atoms with E-state index in [9.17, 15) is 10.2 Å². The summed E-state index contributed by atoms with van der Waals surface area (Å²) >= 11 is 0. The molecule has 2 N–H and O–H groups in total. The van der Waals surface area contributed by atoms with Crippen molar-refractivity contribution in [1.29, 1.82) is 0 Å². The van der Waals surface area contributed by atoms with Gasteiger partial charge in [0.15, 0.2) is 0 Å². The Kier molecular flexibility index (Phi) is 3.39.